The average molecular weight is 345 g/mol. The van der Waals surface area contributed by atoms with Crippen LogP contribution in [0.25, 0.3) is 0 Å². The molecule has 4 amide bonds. The lowest BCUT2D eigenvalue weighted by atomic mass is 10.00. The van der Waals surface area contributed by atoms with Gasteiger partial charge in [0.15, 0.2) is 0 Å². The molecule has 136 valence electrons. The SMILES string of the molecule is Cc1ccc(CC(C)NC(=O)CCCN2C(=O)CN(C)C2=O)c(C)c1. The summed E-state index contributed by atoms with van der Waals surface area (Å²) >= 11 is 0. The Kier molecular flexibility index (Phi) is 6.17. The monoisotopic (exact) mass is 345 g/mol. The van der Waals surface area contributed by atoms with E-state index in [1.807, 2.05) is 6.92 Å². The van der Waals surface area contributed by atoms with Gasteiger partial charge in [0.05, 0.1) is 0 Å². The summed E-state index contributed by atoms with van der Waals surface area (Å²) in [4.78, 5) is 38.1. The van der Waals surface area contributed by atoms with Crippen LogP contribution in [0, 0.1) is 13.8 Å². The van der Waals surface area contributed by atoms with Gasteiger partial charge < -0.3 is 10.2 Å². The molecule has 0 saturated carbocycles. The molecular formula is C19H27N3O3. The highest BCUT2D eigenvalue weighted by atomic mass is 16.2. The summed E-state index contributed by atoms with van der Waals surface area (Å²) < 4.78 is 0. The molecule has 6 heteroatoms. The summed E-state index contributed by atoms with van der Waals surface area (Å²) in [6.45, 7) is 6.55. The summed E-state index contributed by atoms with van der Waals surface area (Å²) in [5.74, 6) is -0.249. The second-order valence-electron chi connectivity index (χ2n) is 6.89. The number of benzene rings is 1. The van der Waals surface area contributed by atoms with E-state index >= 15 is 0 Å². The van der Waals surface area contributed by atoms with E-state index in [1.165, 1.54) is 26.5 Å². The van der Waals surface area contributed by atoms with Crippen LogP contribution in [-0.2, 0) is 16.0 Å². The Balaban J connectivity index is 1.74. The molecule has 0 aliphatic carbocycles. The van der Waals surface area contributed by atoms with Gasteiger partial charge >= 0.3 is 6.03 Å². The molecule has 1 aromatic carbocycles. The maximum absolute atomic E-state index is 12.1. The van der Waals surface area contributed by atoms with E-state index in [0.717, 1.165) is 6.42 Å². The Hall–Kier alpha value is -2.37. The van der Waals surface area contributed by atoms with E-state index in [1.54, 1.807) is 7.05 Å². The van der Waals surface area contributed by atoms with Crippen molar-refractivity contribution in [1.29, 1.82) is 0 Å². The number of nitrogens with one attached hydrogen (secondary N) is 1. The van der Waals surface area contributed by atoms with E-state index in [2.05, 4.69) is 37.4 Å². The van der Waals surface area contributed by atoms with Gasteiger partial charge in [-0.2, -0.15) is 0 Å². The van der Waals surface area contributed by atoms with Crippen molar-refractivity contribution in [2.45, 2.75) is 46.1 Å². The zero-order valence-electron chi connectivity index (χ0n) is 15.5. The molecule has 1 aliphatic rings. The highest BCUT2D eigenvalue weighted by molar-refractivity contribution is 6.01. The molecule has 1 atom stereocenters. The fourth-order valence-electron chi connectivity index (χ4n) is 3.09. The first-order valence-corrected chi connectivity index (χ1v) is 8.69. The number of carbonyl (C=O) groups is 3. The van der Waals surface area contributed by atoms with Crippen molar-refractivity contribution in [3.05, 3.63) is 34.9 Å². The van der Waals surface area contributed by atoms with Crippen LogP contribution in [-0.4, -0.2) is 53.8 Å². The Bertz CT molecular complexity index is 672. The van der Waals surface area contributed by atoms with Crippen molar-refractivity contribution in [2.75, 3.05) is 20.1 Å². The molecule has 0 spiro atoms. The normalized spacial score (nSPS) is 15.7. The lowest BCUT2D eigenvalue weighted by molar-refractivity contribution is -0.126. The summed E-state index contributed by atoms with van der Waals surface area (Å²) in [7, 11) is 1.60. The number of nitrogens with zero attached hydrogens (tertiary/aromatic N) is 2. The number of urea groups is 1. The van der Waals surface area contributed by atoms with E-state index in [-0.39, 0.29) is 30.4 Å². The summed E-state index contributed by atoms with van der Waals surface area (Å²) in [6, 6.07) is 6.08. The second kappa shape index (κ2) is 8.14. The largest absolute Gasteiger partial charge is 0.353 e. The fourth-order valence-corrected chi connectivity index (χ4v) is 3.09. The van der Waals surface area contributed by atoms with E-state index < -0.39 is 0 Å². The molecule has 1 unspecified atom stereocenters. The molecule has 1 fully saturated rings. The molecule has 25 heavy (non-hydrogen) atoms. The average Bonchev–Trinajstić information content (AvgIpc) is 2.76. The van der Waals surface area contributed by atoms with Crippen LogP contribution in [0.15, 0.2) is 18.2 Å². The maximum atomic E-state index is 12.1. The van der Waals surface area contributed by atoms with Gasteiger partial charge in [-0.1, -0.05) is 23.8 Å². The number of hydrogen-bond donors (Lipinski definition) is 1. The van der Waals surface area contributed by atoms with Crippen LogP contribution >= 0.6 is 0 Å². The molecule has 0 radical (unpaired) electrons. The number of rotatable bonds is 7. The van der Waals surface area contributed by atoms with Crippen LogP contribution in [0.3, 0.4) is 0 Å². The van der Waals surface area contributed by atoms with Crippen molar-refractivity contribution in [1.82, 2.24) is 15.1 Å². The van der Waals surface area contributed by atoms with Crippen LogP contribution in [0.5, 0.6) is 0 Å². The van der Waals surface area contributed by atoms with Crippen LogP contribution < -0.4 is 5.32 Å². The van der Waals surface area contributed by atoms with E-state index in [9.17, 15) is 14.4 Å². The first kappa shape index (κ1) is 19.0. The Morgan fingerprint density at radius 3 is 2.60 bits per heavy atom. The third kappa shape index (κ3) is 5.05. The summed E-state index contributed by atoms with van der Waals surface area (Å²) in [6.07, 6.45) is 1.57. The van der Waals surface area contributed by atoms with Gasteiger partial charge in [0.2, 0.25) is 11.8 Å². The molecule has 6 nitrogen and oxygen atoms in total. The first-order chi connectivity index (χ1) is 11.8. The zero-order valence-corrected chi connectivity index (χ0v) is 15.5. The predicted octanol–water partition coefficient (Wildman–Crippen LogP) is 2.02. The lowest BCUT2D eigenvalue weighted by Crippen LogP contribution is -2.36. The summed E-state index contributed by atoms with van der Waals surface area (Å²) in [5.41, 5.74) is 3.69. The Labute approximate surface area is 149 Å². The van der Waals surface area contributed by atoms with Crippen molar-refractivity contribution in [2.24, 2.45) is 0 Å². The van der Waals surface area contributed by atoms with Crippen molar-refractivity contribution in [3.63, 3.8) is 0 Å². The van der Waals surface area contributed by atoms with Crippen molar-refractivity contribution in [3.8, 4) is 0 Å². The van der Waals surface area contributed by atoms with Crippen LogP contribution in [0.2, 0.25) is 0 Å². The highest BCUT2D eigenvalue weighted by Crippen LogP contribution is 2.13. The fraction of sp³-hybridized carbons (Fsp3) is 0.526. The second-order valence-corrected chi connectivity index (χ2v) is 6.89. The van der Waals surface area contributed by atoms with Gasteiger partial charge in [0.1, 0.15) is 6.54 Å². The molecule has 0 aromatic heterocycles. The molecule has 1 aromatic rings. The number of likely N-dealkylation sites (N-methyl/N-ethyl adjacent to an activating group) is 1. The maximum Gasteiger partial charge on any atom is 0.326 e. The highest BCUT2D eigenvalue weighted by Gasteiger charge is 2.32. The van der Waals surface area contributed by atoms with Crippen molar-refractivity contribution >= 4 is 17.8 Å². The Morgan fingerprint density at radius 2 is 2.00 bits per heavy atom. The zero-order chi connectivity index (χ0) is 18.6. The van der Waals surface area contributed by atoms with Crippen LogP contribution in [0.4, 0.5) is 4.79 Å². The van der Waals surface area contributed by atoms with Gasteiger partial charge in [-0.25, -0.2) is 4.79 Å². The first-order valence-electron chi connectivity index (χ1n) is 8.69. The van der Waals surface area contributed by atoms with E-state index in [0.29, 0.717) is 19.4 Å². The molecule has 0 bridgehead atoms. The van der Waals surface area contributed by atoms with Crippen LogP contribution in [0.1, 0.15) is 36.5 Å². The molecular weight excluding hydrogens is 318 g/mol. The molecule has 1 saturated heterocycles. The topological polar surface area (TPSA) is 69.7 Å². The molecule has 1 aliphatic heterocycles. The quantitative estimate of drug-likeness (QED) is 0.769. The van der Waals surface area contributed by atoms with Crippen molar-refractivity contribution < 1.29 is 14.4 Å². The summed E-state index contributed by atoms with van der Waals surface area (Å²) in [5, 5.41) is 2.99. The van der Waals surface area contributed by atoms with E-state index in [4.69, 9.17) is 0 Å². The van der Waals surface area contributed by atoms with Gasteiger partial charge in [0, 0.05) is 26.1 Å². The minimum Gasteiger partial charge on any atom is -0.353 e. The number of hydrogen-bond acceptors (Lipinski definition) is 3. The lowest BCUT2D eigenvalue weighted by Gasteiger charge is -2.17. The number of imide groups is 1. The Morgan fingerprint density at radius 1 is 1.28 bits per heavy atom. The molecule has 2 rings (SSSR count). The van der Waals surface area contributed by atoms with Gasteiger partial charge in [0.25, 0.3) is 0 Å². The minimum atomic E-state index is -0.284. The van der Waals surface area contributed by atoms with Gasteiger partial charge in [-0.15, -0.1) is 0 Å². The van der Waals surface area contributed by atoms with Gasteiger partial charge in [-0.3, -0.25) is 14.5 Å². The smallest absolute Gasteiger partial charge is 0.326 e. The predicted molar refractivity (Wildman–Crippen MR) is 96.2 cm³/mol. The molecule has 1 N–H and O–H groups in total. The number of amides is 4. The number of aryl methyl sites for hydroxylation is 2. The standard InChI is InChI=1S/C19H27N3O3/c1-13-7-8-16(14(2)10-13)11-15(3)20-17(23)6-5-9-22-18(24)12-21(4)19(22)25/h7-8,10,15H,5-6,9,11-12H2,1-4H3,(H,20,23). The number of carbonyl (C=O) groups excluding carboxylic acids is 3. The molecule has 1 heterocycles. The third-order valence-electron chi connectivity index (χ3n) is 4.45. The minimum absolute atomic E-state index is 0.0371. The van der Waals surface area contributed by atoms with Gasteiger partial charge in [-0.05, 0) is 44.7 Å². The third-order valence-corrected chi connectivity index (χ3v) is 4.45.